The normalized spacial score (nSPS) is 10.2. The van der Waals surface area contributed by atoms with E-state index >= 15 is 0 Å². The molecule has 0 aliphatic carbocycles. The Morgan fingerprint density at radius 1 is 1.31 bits per heavy atom. The van der Waals surface area contributed by atoms with Gasteiger partial charge in [-0.3, -0.25) is 0 Å². The molecule has 3 heteroatoms. The average Bonchev–Trinajstić information content (AvgIpc) is 2.29. The minimum atomic E-state index is 0.773. The van der Waals surface area contributed by atoms with Crippen molar-refractivity contribution < 1.29 is 4.74 Å². The van der Waals surface area contributed by atoms with Gasteiger partial charge in [0.25, 0.3) is 0 Å². The van der Waals surface area contributed by atoms with Crippen molar-refractivity contribution in [1.29, 1.82) is 0 Å². The van der Waals surface area contributed by atoms with E-state index < -0.39 is 0 Å². The second kappa shape index (κ2) is 6.38. The van der Waals surface area contributed by atoms with E-state index in [0.29, 0.717) is 0 Å². The van der Waals surface area contributed by atoms with Crippen LogP contribution in [0.3, 0.4) is 0 Å². The average molecular weight is 222 g/mol. The third kappa shape index (κ3) is 3.42. The number of nitrogens with zero attached hydrogens (tertiary/aromatic N) is 1. The van der Waals surface area contributed by atoms with Crippen LogP contribution in [-0.2, 0) is 0 Å². The van der Waals surface area contributed by atoms with Crippen molar-refractivity contribution in [3.8, 4) is 5.75 Å². The number of hydrogen-bond donors (Lipinski definition) is 1. The molecule has 0 aliphatic heterocycles. The van der Waals surface area contributed by atoms with E-state index in [4.69, 9.17) is 10.5 Å². The predicted molar refractivity (Wildman–Crippen MR) is 69.3 cm³/mol. The van der Waals surface area contributed by atoms with Crippen molar-refractivity contribution in [2.24, 2.45) is 5.73 Å². The number of hydrogen-bond acceptors (Lipinski definition) is 3. The quantitative estimate of drug-likeness (QED) is 0.750. The largest absolute Gasteiger partial charge is 0.496 e. The highest BCUT2D eigenvalue weighted by Gasteiger charge is 2.03. The number of nitrogens with two attached hydrogens (primary N) is 1. The Balaban J connectivity index is 2.62. The van der Waals surface area contributed by atoms with Crippen molar-refractivity contribution in [2.75, 3.05) is 32.1 Å². The SMILES string of the molecule is COc1ccc(N(C)CCCCN)cc1C. The lowest BCUT2D eigenvalue weighted by atomic mass is 10.2. The smallest absolute Gasteiger partial charge is 0.121 e. The fraction of sp³-hybridized carbons (Fsp3) is 0.538. The summed E-state index contributed by atoms with van der Waals surface area (Å²) < 4.78 is 5.24. The second-order valence-corrected chi connectivity index (χ2v) is 4.07. The summed E-state index contributed by atoms with van der Waals surface area (Å²) in [4.78, 5) is 2.25. The molecule has 0 atom stereocenters. The first-order chi connectivity index (χ1) is 7.69. The van der Waals surface area contributed by atoms with Crippen molar-refractivity contribution in [3.63, 3.8) is 0 Å². The summed E-state index contributed by atoms with van der Waals surface area (Å²) in [5.74, 6) is 0.944. The van der Waals surface area contributed by atoms with E-state index in [0.717, 1.165) is 31.7 Å². The van der Waals surface area contributed by atoms with Crippen LogP contribution < -0.4 is 15.4 Å². The van der Waals surface area contributed by atoms with Gasteiger partial charge in [0.1, 0.15) is 5.75 Å². The van der Waals surface area contributed by atoms with Crippen molar-refractivity contribution in [2.45, 2.75) is 19.8 Å². The molecule has 0 spiro atoms. The number of methoxy groups -OCH3 is 1. The minimum absolute atomic E-state index is 0.773. The van der Waals surface area contributed by atoms with E-state index in [1.807, 2.05) is 6.07 Å². The van der Waals surface area contributed by atoms with Crippen LogP contribution in [0.25, 0.3) is 0 Å². The van der Waals surface area contributed by atoms with Gasteiger partial charge in [0.15, 0.2) is 0 Å². The van der Waals surface area contributed by atoms with E-state index in [1.54, 1.807) is 7.11 Å². The Morgan fingerprint density at radius 2 is 2.06 bits per heavy atom. The topological polar surface area (TPSA) is 38.5 Å². The molecule has 0 radical (unpaired) electrons. The molecule has 3 nitrogen and oxygen atoms in total. The van der Waals surface area contributed by atoms with Gasteiger partial charge in [-0.15, -0.1) is 0 Å². The lowest BCUT2D eigenvalue weighted by Gasteiger charge is -2.20. The Kier molecular flexibility index (Phi) is 5.12. The predicted octanol–water partition coefficient (Wildman–Crippen LogP) is 2.18. The van der Waals surface area contributed by atoms with Gasteiger partial charge in [-0.1, -0.05) is 0 Å². The van der Waals surface area contributed by atoms with Crippen LogP contribution in [0.15, 0.2) is 18.2 Å². The minimum Gasteiger partial charge on any atom is -0.496 e. The van der Waals surface area contributed by atoms with E-state index in [9.17, 15) is 0 Å². The fourth-order valence-corrected chi connectivity index (χ4v) is 1.72. The maximum absolute atomic E-state index is 5.48. The first-order valence-corrected chi connectivity index (χ1v) is 5.75. The molecule has 0 saturated carbocycles. The Morgan fingerprint density at radius 3 is 2.62 bits per heavy atom. The third-order valence-corrected chi connectivity index (χ3v) is 2.77. The van der Waals surface area contributed by atoms with Gasteiger partial charge < -0.3 is 15.4 Å². The number of anilines is 1. The summed E-state index contributed by atoms with van der Waals surface area (Å²) in [7, 11) is 3.81. The number of benzene rings is 1. The lowest BCUT2D eigenvalue weighted by molar-refractivity contribution is 0.411. The van der Waals surface area contributed by atoms with Crippen LogP contribution in [0.1, 0.15) is 18.4 Å². The molecule has 1 aromatic rings. The molecule has 0 bridgehead atoms. The Bertz CT molecular complexity index is 326. The zero-order valence-electron chi connectivity index (χ0n) is 10.5. The number of aryl methyl sites for hydroxylation is 1. The molecule has 0 fully saturated rings. The second-order valence-electron chi connectivity index (χ2n) is 4.07. The van der Waals surface area contributed by atoms with Crippen molar-refractivity contribution >= 4 is 5.69 Å². The van der Waals surface area contributed by atoms with Gasteiger partial charge in [0.2, 0.25) is 0 Å². The van der Waals surface area contributed by atoms with E-state index in [-0.39, 0.29) is 0 Å². The first-order valence-electron chi connectivity index (χ1n) is 5.75. The highest BCUT2D eigenvalue weighted by molar-refractivity contribution is 5.52. The highest BCUT2D eigenvalue weighted by Crippen LogP contribution is 2.23. The molecule has 0 amide bonds. The molecule has 0 aromatic heterocycles. The van der Waals surface area contributed by atoms with Crippen LogP contribution >= 0.6 is 0 Å². The summed E-state index contributed by atoms with van der Waals surface area (Å²) in [6, 6.07) is 6.26. The molecular formula is C13H22N2O. The van der Waals surface area contributed by atoms with Crippen LogP contribution in [0, 0.1) is 6.92 Å². The maximum Gasteiger partial charge on any atom is 0.121 e. The first kappa shape index (κ1) is 12.8. The third-order valence-electron chi connectivity index (χ3n) is 2.77. The summed E-state index contributed by atoms with van der Waals surface area (Å²) in [6.07, 6.45) is 2.22. The Hall–Kier alpha value is -1.22. The molecule has 1 aromatic carbocycles. The number of unbranched alkanes of at least 4 members (excludes halogenated alkanes) is 1. The summed E-state index contributed by atoms with van der Waals surface area (Å²) in [5, 5.41) is 0. The van der Waals surface area contributed by atoms with Crippen LogP contribution in [-0.4, -0.2) is 27.2 Å². The zero-order valence-corrected chi connectivity index (χ0v) is 10.5. The van der Waals surface area contributed by atoms with Crippen LogP contribution in [0.2, 0.25) is 0 Å². The van der Waals surface area contributed by atoms with Gasteiger partial charge in [-0.25, -0.2) is 0 Å². The molecule has 0 heterocycles. The molecule has 2 N–H and O–H groups in total. The van der Waals surface area contributed by atoms with Gasteiger partial charge in [0, 0.05) is 19.3 Å². The van der Waals surface area contributed by atoms with Gasteiger partial charge >= 0.3 is 0 Å². The Labute approximate surface area is 98.2 Å². The van der Waals surface area contributed by atoms with Gasteiger partial charge in [0.05, 0.1) is 7.11 Å². The van der Waals surface area contributed by atoms with E-state index in [2.05, 4.69) is 31.0 Å². The molecule has 0 unspecified atom stereocenters. The molecule has 0 saturated heterocycles. The van der Waals surface area contributed by atoms with Gasteiger partial charge in [-0.05, 0) is 50.1 Å². The monoisotopic (exact) mass is 222 g/mol. The fourth-order valence-electron chi connectivity index (χ4n) is 1.72. The summed E-state index contributed by atoms with van der Waals surface area (Å²) in [5.41, 5.74) is 7.88. The summed E-state index contributed by atoms with van der Waals surface area (Å²) >= 11 is 0. The van der Waals surface area contributed by atoms with Gasteiger partial charge in [-0.2, -0.15) is 0 Å². The number of rotatable bonds is 6. The lowest BCUT2D eigenvalue weighted by Crippen LogP contribution is -2.19. The standard InChI is InChI=1S/C13H22N2O/c1-11-10-12(6-7-13(11)16-3)15(2)9-5-4-8-14/h6-7,10H,4-5,8-9,14H2,1-3H3. The molecule has 0 aliphatic rings. The maximum atomic E-state index is 5.48. The molecule has 16 heavy (non-hydrogen) atoms. The zero-order chi connectivity index (χ0) is 12.0. The molecule has 1 rings (SSSR count). The van der Waals surface area contributed by atoms with E-state index in [1.165, 1.54) is 11.3 Å². The van der Waals surface area contributed by atoms with Crippen LogP contribution in [0.5, 0.6) is 5.75 Å². The van der Waals surface area contributed by atoms with Crippen molar-refractivity contribution in [3.05, 3.63) is 23.8 Å². The summed E-state index contributed by atoms with van der Waals surface area (Å²) in [6.45, 7) is 3.88. The van der Waals surface area contributed by atoms with Crippen molar-refractivity contribution in [1.82, 2.24) is 0 Å². The molecular weight excluding hydrogens is 200 g/mol. The highest BCUT2D eigenvalue weighted by atomic mass is 16.5. The molecule has 90 valence electrons. The number of ether oxygens (including phenoxy) is 1. The van der Waals surface area contributed by atoms with Crippen LogP contribution in [0.4, 0.5) is 5.69 Å².